The van der Waals surface area contributed by atoms with Crippen molar-refractivity contribution < 1.29 is 9.53 Å². The third-order valence-electron chi connectivity index (χ3n) is 1.28. The highest BCUT2D eigenvalue weighted by Crippen LogP contribution is 2.12. The fourth-order valence-corrected chi connectivity index (χ4v) is 1.53. The first-order valence-electron chi connectivity index (χ1n) is 3.59. The molecule has 5 heteroatoms. The lowest BCUT2D eigenvalue weighted by atomic mass is 10.5. The third-order valence-corrected chi connectivity index (χ3v) is 2.30. The van der Waals surface area contributed by atoms with Gasteiger partial charge in [0, 0.05) is 11.1 Å². The fourth-order valence-electron chi connectivity index (χ4n) is 0.716. The van der Waals surface area contributed by atoms with Crippen molar-refractivity contribution in [1.82, 2.24) is 4.98 Å². The number of hydrogen-bond acceptors (Lipinski definition) is 5. The monoisotopic (exact) mass is 215 g/mol. The summed E-state index contributed by atoms with van der Waals surface area (Å²) in [5, 5.41) is 2.46. The van der Waals surface area contributed by atoms with Crippen molar-refractivity contribution in [3.8, 4) is 0 Å². The van der Waals surface area contributed by atoms with Crippen molar-refractivity contribution in [1.29, 1.82) is 0 Å². The van der Waals surface area contributed by atoms with E-state index < -0.39 is 5.97 Å². The Balaban J connectivity index is 2.74. The SMILES string of the molecule is COC(=O)c1csc(C=CCS)n1. The smallest absolute Gasteiger partial charge is 0.357 e. The molecule has 0 N–H and O–H groups in total. The van der Waals surface area contributed by atoms with E-state index in [2.05, 4.69) is 22.3 Å². The third kappa shape index (κ3) is 2.86. The van der Waals surface area contributed by atoms with Gasteiger partial charge in [0.2, 0.25) is 0 Å². The van der Waals surface area contributed by atoms with Crippen LogP contribution in [0.25, 0.3) is 6.08 Å². The van der Waals surface area contributed by atoms with Gasteiger partial charge in [-0.15, -0.1) is 11.3 Å². The van der Waals surface area contributed by atoms with Crippen molar-refractivity contribution in [3.05, 3.63) is 22.2 Å². The van der Waals surface area contributed by atoms with Crippen LogP contribution in [0.5, 0.6) is 0 Å². The molecule has 0 aliphatic carbocycles. The van der Waals surface area contributed by atoms with Gasteiger partial charge in [-0.1, -0.05) is 6.08 Å². The Morgan fingerprint density at radius 1 is 1.85 bits per heavy atom. The van der Waals surface area contributed by atoms with Gasteiger partial charge in [-0.2, -0.15) is 12.6 Å². The largest absolute Gasteiger partial charge is 0.464 e. The summed E-state index contributed by atoms with van der Waals surface area (Å²) in [4.78, 5) is 15.0. The number of carbonyl (C=O) groups is 1. The molecule has 13 heavy (non-hydrogen) atoms. The average Bonchev–Trinajstić information content (AvgIpc) is 2.62. The lowest BCUT2D eigenvalue weighted by Crippen LogP contribution is -2.00. The zero-order chi connectivity index (χ0) is 9.68. The van der Waals surface area contributed by atoms with E-state index in [1.807, 2.05) is 12.2 Å². The Hall–Kier alpha value is -0.810. The molecule has 1 aromatic rings. The van der Waals surface area contributed by atoms with Gasteiger partial charge in [0.1, 0.15) is 5.01 Å². The first-order valence-corrected chi connectivity index (χ1v) is 5.10. The van der Waals surface area contributed by atoms with Crippen molar-refractivity contribution in [3.63, 3.8) is 0 Å². The van der Waals surface area contributed by atoms with Crippen LogP contribution in [0.2, 0.25) is 0 Å². The van der Waals surface area contributed by atoms with Crippen molar-refractivity contribution >= 4 is 36.0 Å². The minimum Gasteiger partial charge on any atom is -0.464 e. The maximum absolute atomic E-state index is 11.0. The Morgan fingerprint density at radius 3 is 3.23 bits per heavy atom. The molecule has 0 aliphatic rings. The number of esters is 1. The van der Waals surface area contributed by atoms with Gasteiger partial charge in [0.25, 0.3) is 0 Å². The molecule has 0 fully saturated rings. The van der Waals surface area contributed by atoms with E-state index in [4.69, 9.17) is 0 Å². The Bertz CT molecular complexity index is 320. The predicted octanol–water partition coefficient (Wildman–Crippen LogP) is 1.87. The van der Waals surface area contributed by atoms with Crippen LogP contribution in [0, 0.1) is 0 Å². The average molecular weight is 215 g/mol. The standard InChI is InChI=1S/C8H9NO2S2/c1-11-8(10)6-5-13-7(9-6)3-2-4-12/h2-3,5,12H,4H2,1H3. The molecule has 0 atom stereocenters. The number of nitrogens with zero attached hydrogens (tertiary/aromatic N) is 1. The van der Waals surface area contributed by atoms with Gasteiger partial charge in [0.15, 0.2) is 5.69 Å². The van der Waals surface area contributed by atoms with E-state index in [1.54, 1.807) is 5.38 Å². The van der Waals surface area contributed by atoms with Crippen molar-refractivity contribution in [2.45, 2.75) is 0 Å². The molecule has 0 aliphatic heterocycles. The second-order valence-electron chi connectivity index (χ2n) is 2.15. The summed E-state index contributed by atoms with van der Waals surface area (Å²) in [5.41, 5.74) is 0.353. The van der Waals surface area contributed by atoms with E-state index >= 15 is 0 Å². The molecule has 3 nitrogen and oxygen atoms in total. The maximum atomic E-state index is 11.0. The minimum absolute atomic E-state index is 0.353. The number of ether oxygens (including phenoxy) is 1. The van der Waals surface area contributed by atoms with E-state index in [1.165, 1.54) is 18.4 Å². The molecule has 0 radical (unpaired) electrons. The lowest BCUT2D eigenvalue weighted by Gasteiger charge is -1.90. The Labute approximate surface area is 85.9 Å². The number of aromatic nitrogens is 1. The molecule has 1 rings (SSSR count). The highest BCUT2D eigenvalue weighted by atomic mass is 32.1. The summed E-state index contributed by atoms with van der Waals surface area (Å²) >= 11 is 5.42. The molecule has 0 saturated carbocycles. The topological polar surface area (TPSA) is 39.2 Å². The second kappa shape index (κ2) is 5.04. The molecule has 0 bridgehead atoms. The number of thiazole rings is 1. The number of carbonyl (C=O) groups excluding carboxylic acids is 1. The zero-order valence-electron chi connectivity index (χ0n) is 7.06. The summed E-state index contributed by atoms with van der Waals surface area (Å²) in [6.45, 7) is 0. The number of hydrogen-bond donors (Lipinski definition) is 1. The number of methoxy groups -OCH3 is 1. The van der Waals surface area contributed by atoms with Gasteiger partial charge in [-0.25, -0.2) is 9.78 Å². The molecular formula is C8H9NO2S2. The summed E-state index contributed by atoms with van der Waals surface area (Å²) < 4.78 is 4.52. The maximum Gasteiger partial charge on any atom is 0.357 e. The predicted molar refractivity (Wildman–Crippen MR) is 56.3 cm³/mol. The van der Waals surface area contributed by atoms with Crippen LogP contribution in [-0.2, 0) is 4.74 Å². The lowest BCUT2D eigenvalue weighted by molar-refractivity contribution is 0.0595. The van der Waals surface area contributed by atoms with Crippen LogP contribution in [-0.4, -0.2) is 23.8 Å². The molecule has 0 spiro atoms. The molecule has 1 aromatic heterocycles. The number of rotatable bonds is 3. The van der Waals surface area contributed by atoms with Gasteiger partial charge in [-0.05, 0) is 6.08 Å². The zero-order valence-corrected chi connectivity index (χ0v) is 8.77. The van der Waals surface area contributed by atoms with E-state index in [0.717, 1.165) is 5.01 Å². The highest BCUT2D eigenvalue weighted by molar-refractivity contribution is 7.80. The molecule has 0 saturated heterocycles. The first-order chi connectivity index (χ1) is 6.27. The molecule has 1 heterocycles. The molecule has 0 amide bonds. The summed E-state index contributed by atoms with van der Waals surface area (Å²) in [6, 6.07) is 0. The minimum atomic E-state index is -0.401. The quantitative estimate of drug-likeness (QED) is 0.618. The van der Waals surface area contributed by atoms with Crippen LogP contribution in [0.3, 0.4) is 0 Å². The van der Waals surface area contributed by atoms with E-state index in [-0.39, 0.29) is 0 Å². The molecule has 0 unspecified atom stereocenters. The fraction of sp³-hybridized carbons (Fsp3) is 0.250. The van der Waals surface area contributed by atoms with Crippen LogP contribution in [0.1, 0.15) is 15.5 Å². The van der Waals surface area contributed by atoms with E-state index in [0.29, 0.717) is 11.4 Å². The second-order valence-corrected chi connectivity index (χ2v) is 3.40. The Kier molecular flexibility index (Phi) is 3.98. The summed E-state index contributed by atoms with van der Waals surface area (Å²) in [6.07, 6.45) is 3.69. The van der Waals surface area contributed by atoms with Gasteiger partial charge in [-0.3, -0.25) is 0 Å². The summed E-state index contributed by atoms with van der Waals surface area (Å²) in [7, 11) is 1.34. The first kappa shape index (κ1) is 10.3. The molecule has 0 aromatic carbocycles. The van der Waals surface area contributed by atoms with Crippen LogP contribution < -0.4 is 0 Å². The Morgan fingerprint density at radius 2 is 2.62 bits per heavy atom. The number of thiol groups is 1. The van der Waals surface area contributed by atoms with Gasteiger partial charge < -0.3 is 4.74 Å². The highest BCUT2D eigenvalue weighted by Gasteiger charge is 2.08. The summed E-state index contributed by atoms with van der Waals surface area (Å²) in [5.74, 6) is 0.259. The van der Waals surface area contributed by atoms with E-state index in [9.17, 15) is 4.79 Å². The van der Waals surface area contributed by atoms with Crippen molar-refractivity contribution in [2.24, 2.45) is 0 Å². The molecular weight excluding hydrogens is 206 g/mol. The van der Waals surface area contributed by atoms with Crippen LogP contribution in [0.15, 0.2) is 11.5 Å². The van der Waals surface area contributed by atoms with Crippen molar-refractivity contribution in [2.75, 3.05) is 12.9 Å². The van der Waals surface area contributed by atoms with Crippen LogP contribution >= 0.6 is 24.0 Å². The normalized spacial score (nSPS) is 10.6. The molecule has 70 valence electrons. The van der Waals surface area contributed by atoms with Gasteiger partial charge in [0.05, 0.1) is 7.11 Å². The van der Waals surface area contributed by atoms with Gasteiger partial charge >= 0.3 is 5.97 Å². The van der Waals surface area contributed by atoms with Crippen LogP contribution in [0.4, 0.5) is 0 Å².